The molecule has 0 aliphatic carbocycles. The van der Waals surface area contributed by atoms with Crippen molar-refractivity contribution in [2.45, 2.75) is 34.1 Å². The quantitative estimate of drug-likeness (QED) is 0.765. The molecule has 1 N–H and O–H groups in total. The van der Waals surface area contributed by atoms with Crippen LogP contribution in [0.2, 0.25) is 0 Å². The zero-order chi connectivity index (χ0) is 16.1. The van der Waals surface area contributed by atoms with Gasteiger partial charge in [-0.15, -0.1) is 0 Å². The van der Waals surface area contributed by atoms with Crippen molar-refractivity contribution in [2.75, 3.05) is 20.3 Å². The Balaban J connectivity index is 0.00000191. The summed E-state index contributed by atoms with van der Waals surface area (Å²) in [6, 6.07) is 3.94. The molecule has 1 aromatic rings. The minimum absolute atomic E-state index is 0.0918. The van der Waals surface area contributed by atoms with Gasteiger partial charge in [0.2, 0.25) is 0 Å². The summed E-state index contributed by atoms with van der Waals surface area (Å²) in [5, 5.41) is 8.58. The third-order valence-electron chi connectivity index (χ3n) is 2.70. The predicted molar refractivity (Wildman–Crippen MR) is 89.3 cm³/mol. The van der Waals surface area contributed by atoms with E-state index in [-0.39, 0.29) is 6.61 Å². The molecule has 0 aliphatic heterocycles. The Hall–Kier alpha value is -1.74. The van der Waals surface area contributed by atoms with Crippen LogP contribution in [0, 0.1) is 13.8 Å². The van der Waals surface area contributed by atoms with Gasteiger partial charge in [-0.25, -0.2) is 0 Å². The van der Waals surface area contributed by atoms with Gasteiger partial charge in [0.25, 0.3) is 0 Å². The summed E-state index contributed by atoms with van der Waals surface area (Å²) < 4.78 is 11.0. The molecule has 0 fully saturated rings. The molecule has 118 valence electrons. The van der Waals surface area contributed by atoms with Crippen LogP contribution >= 0.6 is 0 Å². The lowest BCUT2D eigenvalue weighted by molar-refractivity contribution is 0.342. The first-order valence-corrected chi connectivity index (χ1v) is 7.38. The molecule has 0 atom stereocenters. The maximum Gasteiger partial charge on any atom is 0.125 e. The van der Waals surface area contributed by atoms with Crippen molar-refractivity contribution in [1.82, 2.24) is 0 Å². The molecule has 0 amide bonds. The van der Waals surface area contributed by atoms with Gasteiger partial charge >= 0.3 is 0 Å². The monoisotopic (exact) mass is 292 g/mol. The van der Waals surface area contributed by atoms with Gasteiger partial charge in [0.15, 0.2) is 0 Å². The Morgan fingerprint density at radius 1 is 1.00 bits per heavy atom. The number of ether oxygens (including phenoxy) is 2. The van der Waals surface area contributed by atoms with Gasteiger partial charge in [0.05, 0.1) is 13.7 Å². The van der Waals surface area contributed by atoms with Crippen LogP contribution < -0.4 is 9.47 Å². The molecule has 1 rings (SSSR count). The second-order valence-corrected chi connectivity index (χ2v) is 4.26. The number of aliphatic hydroxyl groups is 1. The molecular formula is C18H28O3. The van der Waals surface area contributed by atoms with Gasteiger partial charge in [-0.1, -0.05) is 38.2 Å². The Morgan fingerprint density at radius 2 is 1.57 bits per heavy atom. The van der Waals surface area contributed by atoms with Crippen molar-refractivity contribution in [3.8, 4) is 11.5 Å². The summed E-state index contributed by atoms with van der Waals surface area (Å²) in [4.78, 5) is 0. The summed E-state index contributed by atoms with van der Waals surface area (Å²) in [5.41, 5.74) is 2.15. The lowest BCUT2D eigenvalue weighted by Crippen LogP contribution is -1.98. The number of methoxy groups -OCH3 is 1. The van der Waals surface area contributed by atoms with Crippen molar-refractivity contribution in [2.24, 2.45) is 0 Å². The van der Waals surface area contributed by atoms with Crippen LogP contribution in [0.3, 0.4) is 0 Å². The van der Waals surface area contributed by atoms with E-state index in [1.54, 1.807) is 13.2 Å². The van der Waals surface area contributed by atoms with E-state index in [0.717, 1.165) is 29.0 Å². The van der Waals surface area contributed by atoms with Crippen molar-refractivity contribution >= 4 is 0 Å². The highest BCUT2D eigenvalue weighted by Gasteiger charge is 2.05. The fourth-order valence-corrected chi connectivity index (χ4v) is 1.80. The summed E-state index contributed by atoms with van der Waals surface area (Å²) in [6.45, 7) is 8.66. The Kier molecular flexibility index (Phi) is 11.0. The number of hydrogen-bond donors (Lipinski definition) is 1. The Morgan fingerprint density at radius 3 is 2.10 bits per heavy atom. The third-order valence-corrected chi connectivity index (χ3v) is 2.70. The molecule has 0 unspecified atom stereocenters. The number of allylic oxidation sites excluding steroid dienone is 2. The fourth-order valence-electron chi connectivity index (χ4n) is 1.80. The van der Waals surface area contributed by atoms with Gasteiger partial charge < -0.3 is 14.6 Å². The molecule has 0 aromatic heterocycles. The standard InChI is InChI=1S/C16H22O3.C2H6/c1-13-11-15(18-3)12-14(2)16(13)19-10-8-6-4-5-7-9-17;1-2/h5-8,11-12,17H,4,9-10H2,1-3H3;1-2H3. The normalized spacial score (nSPS) is 10.6. The summed E-state index contributed by atoms with van der Waals surface area (Å²) in [6.07, 6.45) is 8.44. The highest BCUT2D eigenvalue weighted by atomic mass is 16.5. The average molecular weight is 292 g/mol. The highest BCUT2D eigenvalue weighted by Crippen LogP contribution is 2.28. The van der Waals surface area contributed by atoms with E-state index in [9.17, 15) is 0 Å². The lowest BCUT2D eigenvalue weighted by Gasteiger charge is -2.12. The van der Waals surface area contributed by atoms with E-state index in [4.69, 9.17) is 14.6 Å². The van der Waals surface area contributed by atoms with Crippen LogP contribution in [0.15, 0.2) is 36.4 Å². The molecule has 0 bridgehead atoms. The van der Waals surface area contributed by atoms with E-state index in [0.29, 0.717) is 6.61 Å². The SMILES string of the molecule is CC.COc1cc(C)c(OCC=CCC=CCO)c(C)c1. The molecule has 0 saturated heterocycles. The molecule has 1 aromatic carbocycles. The van der Waals surface area contributed by atoms with Crippen LogP contribution in [0.25, 0.3) is 0 Å². The predicted octanol–water partition coefficient (Wildman–Crippen LogP) is 4.21. The molecule has 3 nitrogen and oxygen atoms in total. The van der Waals surface area contributed by atoms with E-state index in [2.05, 4.69) is 0 Å². The van der Waals surface area contributed by atoms with Gasteiger partial charge in [0, 0.05) is 0 Å². The molecule has 0 spiro atoms. The molecule has 0 aliphatic rings. The van der Waals surface area contributed by atoms with Crippen LogP contribution in [-0.4, -0.2) is 25.4 Å². The van der Waals surface area contributed by atoms with E-state index < -0.39 is 0 Å². The first kappa shape index (κ1) is 19.3. The van der Waals surface area contributed by atoms with Crippen molar-refractivity contribution in [1.29, 1.82) is 0 Å². The maximum absolute atomic E-state index is 8.58. The number of aliphatic hydroxyl groups excluding tert-OH is 1. The molecular weight excluding hydrogens is 264 g/mol. The highest BCUT2D eigenvalue weighted by molar-refractivity contribution is 5.45. The number of rotatable bonds is 7. The minimum atomic E-state index is 0.0918. The smallest absolute Gasteiger partial charge is 0.125 e. The summed E-state index contributed by atoms with van der Waals surface area (Å²) in [7, 11) is 1.66. The Bertz CT molecular complexity index is 425. The second-order valence-electron chi connectivity index (χ2n) is 4.26. The summed E-state index contributed by atoms with van der Waals surface area (Å²) in [5.74, 6) is 1.77. The van der Waals surface area contributed by atoms with Gasteiger partial charge in [-0.2, -0.15) is 0 Å². The molecule has 21 heavy (non-hydrogen) atoms. The molecule has 0 saturated carbocycles. The third kappa shape index (κ3) is 7.57. The molecule has 3 heteroatoms. The fraction of sp³-hybridized carbons (Fsp3) is 0.444. The average Bonchev–Trinajstić information content (AvgIpc) is 2.50. The van der Waals surface area contributed by atoms with E-state index in [1.165, 1.54) is 0 Å². The number of aryl methyl sites for hydroxylation is 2. The van der Waals surface area contributed by atoms with Gasteiger partial charge in [0.1, 0.15) is 18.1 Å². The molecule has 0 radical (unpaired) electrons. The zero-order valence-corrected chi connectivity index (χ0v) is 13.8. The van der Waals surface area contributed by atoms with Crippen molar-refractivity contribution in [3.63, 3.8) is 0 Å². The minimum Gasteiger partial charge on any atom is -0.497 e. The zero-order valence-electron chi connectivity index (χ0n) is 13.8. The maximum atomic E-state index is 8.58. The van der Waals surface area contributed by atoms with E-state index >= 15 is 0 Å². The number of hydrogen-bond acceptors (Lipinski definition) is 3. The van der Waals surface area contributed by atoms with Crippen LogP contribution in [-0.2, 0) is 0 Å². The lowest BCUT2D eigenvalue weighted by atomic mass is 10.1. The van der Waals surface area contributed by atoms with Gasteiger partial charge in [-0.3, -0.25) is 0 Å². The van der Waals surface area contributed by atoms with Crippen molar-refractivity contribution in [3.05, 3.63) is 47.6 Å². The van der Waals surface area contributed by atoms with Crippen molar-refractivity contribution < 1.29 is 14.6 Å². The molecule has 0 heterocycles. The first-order chi connectivity index (χ1) is 10.2. The topological polar surface area (TPSA) is 38.7 Å². The second kappa shape index (κ2) is 12.0. The number of benzene rings is 1. The van der Waals surface area contributed by atoms with Crippen LogP contribution in [0.1, 0.15) is 31.4 Å². The van der Waals surface area contributed by atoms with Crippen LogP contribution in [0.4, 0.5) is 0 Å². The van der Waals surface area contributed by atoms with E-state index in [1.807, 2.05) is 58.1 Å². The summed E-state index contributed by atoms with van der Waals surface area (Å²) >= 11 is 0. The van der Waals surface area contributed by atoms with Gasteiger partial charge in [-0.05, 0) is 43.5 Å². The Labute approximate surface area is 128 Å². The van der Waals surface area contributed by atoms with Crippen LogP contribution in [0.5, 0.6) is 11.5 Å². The largest absolute Gasteiger partial charge is 0.497 e. The first-order valence-electron chi connectivity index (χ1n) is 7.38.